The number of hydrogen-bond acceptors (Lipinski definition) is 6. The predicted molar refractivity (Wildman–Crippen MR) is 142 cm³/mol. The van der Waals surface area contributed by atoms with Gasteiger partial charge in [0.25, 0.3) is 13.1 Å². The van der Waals surface area contributed by atoms with Crippen LogP contribution >= 0.6 is 7.37 Å². The minimum absolute atomic E-state index is 0.00715. The van der Waals surface area contributed by atoms with E-state index in [1.54, 1.807) is 12.1 Å². The molecule has 0 saturated heterocycles. The van der Waals surface area contributed by atoms with Crippen molar-refractivity contribution >= 4 is 29.7 Å². The highest BCUT2D eigenvalue weighted by molar-refractivity contribution is 7.67. The predicted octanol–water partition coefficient (Wildman–Crippen LogP) is 6.72. The van der Waals surface area contributed by atoms with Gasteiger partial charge in [-0.05, 0) is 54.8 Å². The van der Waals surface area contributed by atoms with E-state index in [2.05, 4.69) is 5.32 Å². The molecule has 35 heavy (non-hydrogen) atoms. The van der Waals surface area contributed by atoms with Crippen LogP contribution in [0.2, 0.25) is 0 Å². The van der Waals surface area contributed by atoms with E-state index in [4.69, 9.17) is 4.52 Å². The molecule has 0 bridgehead atoms. The molecule has 1 fully saturated rings. The average Bonchev–Trinajstić information content (AvgIpc) is 2.88. The number of nitrogens with zero attached hydrogens (tertiary/aromatic N) is 2. The molecule has 0 amide bonds. The molecule has 0 heterocycles. The van der Waals surface area contributed by atoms with Crippen molar-refractivity contribution < 1.29 is 14.0 Å². The fourth-order valence-corrected chi connectivity index (χ4v) is 7.10. The van der Waals surface area contributed by atoms with Crippen LogP contribution < -0.4 is 15.5 Å². The SMILES string of the molecule is CN(C)c1ccc(P(=O)(OC2CCCCC2)C(Nc2ccc([N+](=O)[O-])cc2)c2ccccc2)cc1. The quantitative estimate of drug-likeness (QED) is 0.202. The fourth-order valence-electron chi connectivity index (χ4n) is 4.46. The van der Waals surface area contributed by atoms with Crippen molar-refractivity contribution in [2.24, 2.45) is 0 Å². The topological polar surface area (TPSA) is 84.7 Å². The molecule has 2 atom stereocenters. The summed E-state index contributed by atoms with van der Waals surface area (Å²) in [5.41, 5.74) is 2.49. The van der Waals surface area contributed by atoms with E-state index < -0.39 is 18.1 Å². The Kier molecular flexibility index (Phi) is 7.89. The van der Waals surface area contributed by atoms with Crippen LogP contribution in [0.25, 0.3) is 0 Å². The number of hydrogen-bond donors (Lipinski definition) is 1. The lowest BCUT2D eigenvalue weighted by Gasteiger charge is -2.34. The lowest BCUT2D eigenvalue weighted by molar-refractivity contribution is -0.384. The minimum atomic E-state index is -3.48. The monoisotopic (exact) mass is 493 g/mol. The van der Waals surface area contributed by atoms with E-state index >= 15 is 4.57 Å². The number of benzene rings is 3. The Morgan fingerprint density at radius 1 is 0.943 bits per heavy atom. The van der Waals surface area contributed by atoms with Gasteiger partial charge in [-0.25, -0.2) is 0 Å². The molecule has 1 aliphatic carbocycles. The zero-order valence-corrected chi connectivity index (χ0v) is 21.1. The summed E-state index contributed by atoms with van der Waals surface area (Å²) in [5, 5.41) is 15.2. The van der Waals surface area contributed by atoms with E-state index in [1.165, 1.54) is 18.6 Å². The van der Waals surface area contributed by atoms with Crippen molar-refractivity contribution in [3.8, 4) is 0 Å². The lowest BCUT2D eigenvalue weighted by Crippen LogP contribution is -2.25. The maximum absolute atomic E-state index is 15.0. The smallest absolute Gasteiger partial charge is 0.269 e. The van der Waals surface area contributed by atoms with Gasteiger partial charge in [-0.15, -0.1) is 0 Å². The van der Waals surface area contributed by atoms with Crippen molar-refractivity contribution in [3.05, 3.63) is 94.5 Å². The van der Waals surface area contributed by atoms with Gasteiger partial charge in [-0.2, -0.15) is 0 Å². The van der Waals surface area contributed by atoms with E-state index in [9.17, 15) is 10.1 Å². The van der Waals surface area contributed by atoms with Gasteiger partial charge >= 0.3 is 0 Å². The normalized spacial score (nSPS) is 16.7. The summed E-state index contributed by atoms with van der Waals surface area (Å²) < 4.78 is 21.6. The highest BCUT2D eigenvalue weighted by atomic mass is 31.2. The number of nitrogens with one attached hydrogen (secondary N) is 1. The third kappa shape index (κ3) is 5.92. The number of anilines is 2. The van der Waals surface area contributed by atoms with Crippen molar-refractivity contribution in [3.63, 3.8) is 0 Å². The minimum Gasteiger partial charge on any atom is -0.378 e. The lowest BCUT2D eigenvalue weighted by atomic mass is 9.98. The molecule has 1 aliphatic rings. The molecule has 0 radical (unpaired) electrons. The first-order valence-electron chi connectivity index (χ1n) is 12.0. The Morgan fingerprint density at radius 2 is 1.57 bits per heavy atom. The van der Waals surface area contributed by atoms with Crippen LogP contribution in [0, 0.1) is 10.1 Å². The number of nitro groups is 1. The highest BCUT2D eigenvalue weighted by Gasteiger charge is 2.40. The van der Waals surface area contributed by atoms with Crippen molar-refractivity contribution in [2.45, 2.75) is 44.0 Å². The second-order valence-electron chi connectivity index (χ2n) is 9.13. The van der Waals surface area contributed by atoms with Gasteiger partial charge < -0.3 is 14.7 Å². The van der Waals surface area contributed by atoms with Gasteiger partial charge in [-0.1, -0.05) is 49.6 Å². The third-order valence-electron chi connectivity index (χ3n) is 6.42. The molecule has 3 aromatic carbocycles. The summed E-state index contributed by atoms with van der Waals surface area (Å²) in [6.45, 7) is 0. The Balaban J connectivity index is 1.78. The molecule has 0 aliphatic heterocycles. The number of rotatable bonds is 9. The summed E-state index contributed by atoms with van der Waals surface area (Å²) in [7, 11) is 0.454. The van der Waals surface area contributed by atoms with Gasteiger partial charge in [-0.3, -0.25) is 14.7 Å². The molecule has 0 spiro atoms. The summed E-state index contributed by atoms with van der Waals surface area (Å²) in [6, 6.07) is 23.5. The van der Waals surface area contributed by atoms with Crippen LogP contribution in [0.15, 0.2) is 78.9 Å². The van der Waals surface area contributed by atoms with Crippen molar-refractivity contribution in [1.82, 2.24) is 0 Å². The average molecular weight is 494 g/mol. The number of nitro benzene ring substituents is 1. The molecule has 1 saturated carbocycles. The summed E-state index contributed by atoms with van der Waals surface area (Å²) in [6.07, 6.45) is 5.00. The highest BCUT2D eigenvalue weighted by Crippen LogP contribution is 2.60. The summed E-state index contributed by atoms with van der Waals surface area (Å²) in [4.78, 5) is 12.7. The van der Waals surface area contributed by atoms with E-state index in [0.717, 1.165) is 36.9 Å². The van der Waals surface area contributed by atoms with E-state index in [-0.39, 0.29) is 11.8 Å². The maximum atomic E-state index is 15.0. The standard InChI is InChI=1S/C27H32N3O4P/c1-29(2)23-17-19-26(20-18-23)35(33,34-25-11-7-4-8-12-25)27(21-9-5-3-6-10-21)28-22-13-15-24(16-14-22)30(31)32/h3,5-6,9-10,13-20,25,27-28H,4,7-8,11-12H2,1-2H3. The largest absolute Gasteiger partial charge is 0.378 e. The van der Waals surface area contributed by atoms with E-state index in [1.807, 2.05) is 73.6 Å². The summed E-state index contributed by atoms with van der Waals surface area (Å²) >= 11 is 0. The molecule has 4 rings (SSSR count). The molecule has 1 N–H and O–H groups in total. The molecule has 8 heteroatoms. The van der Waals surface area contributed by atoms with Crippen LogP contribution in [0.5, 0.6) is 0 Å². The van der Waals surface area contributed by atoms with Gasteiger partial charge in [0.1, 0.15) is 5.78 Å². The molecule has 7 nitrogen and oxygen atoms in total. The first-order valence-corrected chi connectivity index (χ1v) is 13.7. The molecular weight excluding hydrogens is 461 g/mol. The second-order valence-corrected chi connectivity index (χ2v) is 11.6. The van der Waals surface area contributed by atoms with Crippen LogP contribution in [0.1, 0.15) is 43.5 Å². The zero-order valence-electron chi connectivity index (χ0n) is 20.2. The van der Waals surface area contributed by atoms with Gasteiger partial charge in [0.15, 0.2) is 0 Å². The van der Waals surface area contributed by atoms with Crippen LogP contribution in [-0.4, -0.2) is 25.1 Å². The third-order valence-corrected chi connectivity index (χ3v) is 9.16. The first-order chi connectivity index (χ1) is 16.9. The number of non-ortho nitro benzene ring substituents is 1. The van der Waals surface area contributed by atoms with Gasteiger partial charge in [0.05, 0.1) is 11.0 Å². The molecule has 0 aromatic heterocycles. The van der Waals surface area contributed by atoms with E-state index in [0.29, 0.717) is 11.0 Å². The molecule has 2 unspecified atom stereocenters. The molecule has 3 aromatic rings. The van der Waals surface area contributed by atoms with Crippen LogP contribution in [0.3, 0.4) is 0 Å². The Bertz CT molecular complexity index is 1160. The first kappa shape index (κ1) is 25.0. The molecular formula is C27H32N3O4P. The van der Waals surface area contributed by atoms with Gasteiger partial charge in [0.2, 0.25) is 0 Å². The maximum Gasteiger partial charge on any atom is 0.269 e. The Hall–Kier alpha value is -3.15. The summed E-state index contributed by atoms with van der Waals surface area (Å²) in [5.74, 6) is -0.655. The van der Waals surface area contributed by atoms with Crippen molar-refractivity contribution in [1.29, 1.82) is 0 Å². The zero-order chi connectivity index (χ0) is 24.8. The fraction of sp³-hybridized carbons (Fsp3) is 0.333. The van der Waals surface area contributed by atoms with Gasteiger partial charge in [0, 0.05) is 42.9 Å². The van der Waals surface area contributed by atoms with Crippen LogP contribution in [-0.2, 0) is 9.09 Å². The van der Waals surface area contributed by atoms with Crippen molar-refractivity contribution in [2.75, 3.05) is 24.3 Å². The molecule has 184 valence electrons. The Morgan fingerprint density at radius 3 is 2.14 bits per heavy atom. The van der Waals surface area contributed by atoms with Crippen LogP contribution in [0.4, 0.5) is 17.1 Å². The Labute approximate surface area is 206 Å². The second kappa shape index (κ2) is 11.1.